The lowest BCUT2D eigenvalue weighted by Crippen LogP contribution is -2.45. The molecule has 76 valence electrons. The minimum absolute atomic E-state index is 0.157. The van der Waals surface area contributed by atoms with Crippen molar-refractivity contribution in [3.8, 4) is 0 Å². The van der Waals surface area contributed by atoms with Crippen LogP contribution in [0.3, 0.4) is 0 Å². The monoisotopic (exact) mass is 192 g/mol. The number of hydrogen-bond acceptors (Lipinski definition) is 2. The van der Waals surface area contributed by atoms with Gasteiger partial charge in [-0.2, -0.15) is 0 Å². The molecule has 1 aliphatic carbocycles. The summed E-state index contributed by atoms with van der Waals surface area (Å²) in [6.07, 6.45) is 0.870. The number of aliphatic hydroxyl groups is 1. The van der Waals surface area contributed by atoms with Gasteiger partial charge in [-0.05, 0) is 5.56 Å². The van der Waals surface area contributed by atoms with E-state index in [1.165, 1.54) is 5.56 Å². The number of rotatable bonds is 3. The van der Waals surface area contributed by atoms with Crippen molar-refractivity contribution in [1.29, 1.82) is 0 Å². The van der Waals surface area contributed by atoms with E-state index in [1.54, 1.807) is 0 Å². The molecule has 1 aromatic rings. The molecule has 1 N–H and O–H groups in total. The van der Waals surface area contributed by atoms with Gasteiger partial charge < -0.3 is 9.84 Å². The van der Waals surface area contributed by atoms with Crippen LogP contribution in [-0.2, 0) is 11.3 Å². The Morgan fingerprint density at radius 1 is 1.36 bits per heavy atom. The zero-order valence-corrected chi connectivity index (χ0v) is 8.39. The summed E-state index contributed by atoms with van der Waals surface area (Å²) in [5, 5.41) is 9.30. The van der Waals surface area contributed by atoms with E-state index >= 15 is 0 Å². The third kappa shape index (κ3) is 1.97. The number of hydrogen-bond donors (Lipinski definition) is 1. The fourth-order valence-electron chi connectivity index (χ4n) is 1.72. The van der Waals surface area contributed by atoms with E-state index in [0.29, 0.717) is 12.5 Å². The van der Waals surface area contributed by atoms with Crippen molar-refractivity contribution in [3.05, 3.63) is 35.9 Å². The second-order valence-corrected chi connectivity index (χ2v) is 4.00. The van der Waals surface area contributed by atoms with Gasteiger partial charge in [-0.1, -0.05) is 37.3 Å². The number of ether oxygens (including phenoxy) is 1. The third-order valence-corrected chi connectivity index (χ3v) is 2.97. The lowest BCUT2D eigenvalue weighted by Gasteiger charge is -2.38. The second kappa shape index (κ2) is 4.11. The maximum atomic E-state index is 9.30. The van der Waals surface area contributed by atoms with Gasteiger partial charge in [-0.15, -0.1) is 0 Å². The molecule has 0 spiro atoms. The van der Waals surface area contributed by atoms with Gasteiger partial charge in [-0.25, -0.2) is 0 Å². The highest BCUT2D eigenvalue weighted by atomic mass is 16.5. The molecule has 2 heteroatoms. The summed E-state index contributed by atoms with van der Waals surface area (Å²) in [5.74, 6) is 0.290. The van der Waals surface area contributed by atoms with Crippen LogP contribution in [0.1, 0.15) is 18.9 Å². The molecule has 0 heterocycles. The summed E-state index contributed by atoms with van der Waals surface area (Å²) in [4.78, 5) is 0. The van der Waals surface area contributed by atoms with Crippen LogP contribution in [0.4, 0.5) is 0 Å². The van der Waals surface area contributed by atoms with E-state index in [-0.39, 0.29) is 12.2 Å². The van der Waals surface area contributed by atoms with E-state index in [4.69, 9.17) is 4.74 Å². The summed E-state index contributed by atoms with van der Waals surface area (Å²) in [6.45, 7) is 2.69. The van der Waals surface area contributed by atoms with Gasteiger partial charge in [0.05, 0.1) is 18.8 Å². The highest BCUT2D eigenvalue weighted by Crippen LogP contribution is 2.30. The second-order valence-electron chi connectivity index (χ2n) is 4.00. The lowest BCUT2D eigenvalue weighted by molar-refractivity contribution is -0.125. The number of aliphatic hydroxyl groups excluding tert-OH is 1. The molecule has 0 aliphatic heterocycles. The quantitative estimate of drug-likeness (QED) is 0.793. The molecule has 0 amide bonds. The molecule has 14 heavy (non-hydrogen) atoms. The van der Waals surface area contributed by atoms with Crippen LogP contribution in [0.25, 0.3) is 0 Å². The van der Waals surface area contributed by atoms with Crippen LogP contribution in [-0.4, -0.2) is 17.3 Å². The first-order valence-electron chi connectivity index (χ1n) is 5.11. The predicted octanol–water partition coefficient (Wildman–Crippen LogP) is 1.97. The molecule has 0 saturated heterocycles. The maximum absolute atomic E-state index is 9.30. The Balaban J connectivity index is 1.79. The molecule has 2 nitrogen and oxygen atoms in total. The zero-order valence-electron chi connectivity index (χ0n) is 8.39. The first-order valence-corrected chi connectivity index (χ1v) is 5.11. The van der Waals surface area contributed by atoms with Crippen LogP contribution >= 0.6 is 0 Å². The normalized spacial score (nSPS) is 31.1. The largest absolute Gasteiger partial charge is 0.393 e. The first-order chi connectivity index (χ1) is 6.77. The van der Waals surface area contributed by atoms with Crippen LogP contribution in [0.2, 0.25) is 0 Å². The van der Waals surface area contributed by atoms with Crippen molar-refractivity contribution >= 4 is 0 Å². The fraction of sp³-hybridized carbons (Fsp3) is 0.500. The van der Waals surface area contributed by atoms with E-state index in [9.17, 15) is 5.11 Å². The van der Waals surface area contributed by atoms with Crippen molar-refractivity contribution in [2.24, 2.45) is 5.92 Å². The highest BCUT2D eigenvalue weighted by molar-refractivity contribution is 5.13. The molecule has 3 atom stereocenters. The molecule has 0 aromatic heterocycles. The summed E-state index contributed by atoms with van der Waals surface area (Å²) in [5.41, 5.74) is 1.20. The molecule has 0 unspecified atom stereocenters. The van der Waals surface area contributed by atoms with E-state index < -0.39 is 0 Å². The Labute approximate surface area is 84.5 Å². The van der Waals surface area contributed by atoms with Gasteiger partial charge in [0, 0.05) is 12.3 Å². The van der Waals surface area contributed by atoms with E-state index in [1.807, 2.05) is 25.1 Å². The Bertz CT molecular complexity index is 284. The average molecular weight is 192 g/mol. The van der Waals surface area contributed by atoms with Crippen molar-refractivity contribution in [2.45, 2.75) is 32.2 Å². The van der Waals surface area contributed by atoms with Gasteiger partial charge in [0.1, 0.15) is 0 Å². The Kier molecular flexibility index (Phi) is 2.85. The standard InChI is InChI=1S/C12H16O2/c1-9-11(13)7-12(9)14-8-10-5-3-2-4-6-10/h2-6,9,11-13H,7-8H2,1H3/t9-,11+,12-/m0/s1. The molecule has 1 fully saturated rings. The maximum Gasteiger partial charge on any atom is 0.0720 e. The molecule has 0 radical (unpaired) electrons. The first kappa shape index (κ1) is 9.69. The van der Waals surface area contributed by atoms with E-state index in [0.717, 1.165) is 6.42 Å². The zero-order chi connectivity index (χ0) is 9.97. The smallest absolute Gasteiger partial charge is 0.0720 e. The summed E-state index contributed by atoms with van der Waals surface area (Å²) in [6, 6.07) is 10.1. The molecule has 1 aromatic carbocycles. The van der Waals surface area contributed by atoms with Gasteiger partial charge in [0.2, 0.25) is 0 Å². The van der Waals surface area contributed by atoms with Gasteiger partial charge in [-0.3, -0.25) is 0 Å². The van der Waals surface area contributed by atoms with E-state index in [2.05, 4.69) is 12.1 Å². The van der Waals surface area contributed by atoms with Gasteiger partial charge in [0.15, 0.2) is 0 Å². The van der Waals surface area contributed by atoms with Gasteiger partial charge >= 0.3 is 0 Å². The lowest BCUT2D eigenvalue weighted by atomic mass is 9.80. The predicted molar refractivity (Wildman–Crippen MR) is 54.8 cm³/mol. The van der Waals surface area contributed by atoms with Gasteiger partial charge in [0.25, 0.3) is 0 Å². The minimum atomic E-state index is -0.157. The molecular weight excluding hydrogens is 176 g/mol. The Morgan fingerprint density at radius 3 is 2.64 bits per heavy atom. The molecule has 0 bridgehead atoms. The average Bonchev–Trinajstić information content (AvgIpc) is 2.25. The van der Waals surface area contributed by atoms with Crippen LogP contribution in [0.15, 0.2) is 30.3 Å². The molecule has 2 rings (SSSR count). The van der Waals surface area contributed by atoms with Crippen LogP contribution < -0.4 is 0 Å². The fourth-order valence-corrected chi connectivity index (χ4v) is 1.72. The van der Waals surface area contributed by atoms with Crippen LogP contribution in [0.5, 0.6) is 0 Å². The van der Waals surface area contributed by atoms with Crippen molar-refractivity contribution < 1.29 is 9.84 Å². The number of benzene rings is 1. The summed E-state index contributed by atoms with van der Waals surface area (Å²) >= 11 is 0. The SMILES string of the molecule is C[C@H]1[C@H](O)C[C@@H]1OCc1ccccc1. The molecule has 1 saturated carbocycles. The topological polar surface area (TPSA) is 29.5 Å². The Hall–Kier alpha value is -0.860. The Morgan fingerprint density at radius 2 is 2.07 bits per heavy atom. The summed E-state index contributed by atoms with van der Waals surface area (Å²) < 4.78 is 5.69. The van der Waals surface area contributed by atoms with Crippen molar-refractivity contribution in [1.82, 2.24) is 0 Å². The summed E-state index contributed by atoms with van der Waals surface area (Å²) in [7, 11) is 0. The highest BCUT2D eigenvalue weighted by Gasteiger charge is 2.36. The van der Waals surface area contributed by atoms with Crippen molar-refractivity contribution in [3.63, 3.8) is 0 Å². The third-order valence-electron chi connectivity index (χ3n) is 2.97. The van der Waals surface area contributed by atoms with Crippen LogP contribution in [0, 0.1) is 5.92 Å². The molecular formula is C12H16O2. The molecule has 1 aliphatic rings. The van der Waals surface area contributed by atoms with Crippen molar-refractivity contribution in [2.75, 3.05) is 0 Å². The minimum Gasteiger partial charge on any atom is -0.393 e.